The van der Waals surface area contributed by atoms with E-state index in [9.17, 15) is 4.39 Å². The van der Waals surface area contributed by atoms with Gasteiger partial charge in [0.1, 0.15) is 0 Å². The first kappa shape index (κ1) is 17.1. The molecule has 1 N–H and O–H groups in total. The van der Waals surface area contributed by atoms with Crippen molar-refractivity contribution in [2.75, 3.05) is 25.5 Å². The first-order valence-corrected chi connectivity index (χ1v) is 8.17. The Morgan fingerprint density at radius 2 is 2.04 bits per heavy atom. The van der Waals surface area contributed by atoms with Crippen LogP contribution in [0.5, 0.6) is 5.75 Å². The Hall–Kier alpha value is -1.78. The van der Waals surface area contributed by atoms with E-state index in [1.165, 1.54) is 29.5 Å². The van der Waals surface area contributed by atoms with E-state index in [0.29, 0.717) is 5.75 Å². The number of halogens is 2. The molecule has 0 unspecified atom stereocenters. The Morgan fingerprint density at radius 1 is 1.17 bits per heavy atom. The predicted molar refractivity (Wildman–Crippen MR) is 96.7 cm³/mol. The van der Waals surface area contributed by atoms with E-state index in [1.807, 2.05) is 6.07 Å². The van der Waals surface area contributed by atoms with Gasteiger partial charge < -0.3 is 10.1 Å². The number of fused-ring (bicyclic) bond motifs is 2. The lowest BCUT2D eigenvalue weighted by Crippen LogP contribution is -2.30. The maximum atomic E-state index is 14.0. The number of anilines is 1. The van der Waals surface area contributed by atoms with E-state index < -0.39 is 0 Å². The van der Waals surface area contributed by atoms with Crippen LogP contribution < -0.4 is 10.1 Å². The Bertz CT molecular complexity index is 750. The van der Waals surface area contributed by atoms with Crippen molar-refractivity contribution in [3.63, 3.8) is 0 Å². The number of nitrogens with one attached hydrogen (secondary N) is 1. The molecule has 0 saturated heterocycles. The van der Waals surface area contributed by atoms with Crippen LogP contribution in [0.15, 0.2) is 30.3 Å². The molecule has 0 saturated carbocycles. The molecule has 128 valence electrons. The molecule has 0 fully saturated rings. The highest BCUT2D eigenvalue weighted by atomic mass is 35.5. The maximum absolute atomic E-state index is 14.0. The fraction of sp³-hybridized carbons (Fsp3) is 0.368. The molecule has 0 amide bonds. The molecule has 2 heterocycles. The Kier molecular flexibility index (Phi) is 4.97. The largest absolute Gasteiger partial charge is 0.494 e. The summed E-state index contributed by atoms with van der Waals surface area (Å²) in [5, 5.41) is 3.50. The van der Waals surface area contributed by atoms with E-state index in [0.717, 1.165) is 44.6 Å². The number of ether oxygens (including phenoxy) is 1. The second kappa shape index (κ2) is 6.99. The van der Waals surface area contributed by atoms with Gasteiger partial charge in [-0.1, -0.05) is 18.2 Å². The standard InChI is InChI=1S/C19H21FN2O.ClH/c1-23-18-10-14-6-8-22(12-16(14)9-17(18)20)11-15-4-2-3-13-5-7-21-19(13)15;/h2-4,9-10,21H,5-8,11-12H2,1H3;1H. The lowest BCUT2D eigenvalue weighted by molar-refractivity contribution is 0.244. The minimum Gasteiger partial charge on any atom is -0.494 e. The van der Waals surface area contributed by atoms with E-state index in [1.54, 1.807) is 6.07 Å². The third-order valence-electron chi connectivity index (χ3n) is 4.89. The number of hydrogen-bond acceptors (Lipinski definition) is 3. The van der Waals surface area contributed by atoms with Crippen LogP contribution in [-0.4, -0.2) is 25.1 Å². The van der Waals surface area contributed by atoms with Crippen LogP contribution in [0.1, 0.15) is 22.3 Å². The number of rotatable bonds is 3. The molecule has 0 bridgehead atoms. The van der Waals surface area contributed by atoms with Gasteiger partial charge in [-0.2, -0.15) is 0 Å². The predicted octanol–water partition coefficient (Wildman–Crippen LogP) is 3.78. The van der Waals surface area contributed by atoms with Crippen LogP contribution in [-0.2, 0) is 25.9 Å². The van der Waals surface area contributed by atoms with Crippen LogP contribution in [0.3, 0.4) is 0 Å². The number of benzene rings is 2. The van der Waals surface area contributed by atoms with Crippen molar-refractivity contribution in [2.24, 2.45) is 0 Å². The zero-order chi connectivity index (χ0) is 15.8. The first-order chi connectivity index (χ1) is 11.2. The number of nitrogens with zero attached hydrogens (tertiary/aromatic N) is 1. The van der Waals surface area contributed by atoms with Crippen LogP contribution in [0.4, 0.5) is 10.1 Å². The molecular formula is C19H22ClFN2O. The van der Waals surface area contributed by atoms with Gasteiger partial charge in [-0.25, -0.2) is 4.39 Å². The summed E-state index contributed by atoms with van der Waals surface area (Å²) in [4.78, 5) is 2.39. The van der Waals surface area contributed by atoms with Crippen molar-refractivity contribution < 1.29 is 9.13 Å². The summed E-state index contributed by atoms with van der Waals surface area (Å²) >= 11 is 0. The van der Waals surface area contributed by atoms with Crippen molar-refractivity contribution in [3.8, 4) is 5.75 Å². The molecule has 0 aliphatic carbocycles. The van der Waals surface area contributed by atoms with E-state index in [-0.39, 0.29) is 18.2 Å². The average Bonchev–Trinajstić information content (AvgIpc) is 3.04. The zero-order valence-electron chi connectivity index (χ0n) is 13.8. The van der Waals surface area contributed by atoms with Crippen molar-refractivity contribution in [1.82, 2.24) is 4.90 Å². The minimum atomic E-state index is -0.268. The smallest absolute Gasteiger partial charge is 0.165 e. The molecule has 2 aromatic carbocycles. The van der Waals surface area contributed by atoms with Crippen molar-refractivity contribution in [3.05, 3.63) is 58.4 Å². The van der Waals surface area contributed by atoms with Gasteiger partial charge in [0.05, 0.1) is 7.11 Å². The normalized spacial score (nSPS) is 15.9. The molecule has 24 heavy (non-hydrogen) atoms. The topological polar surface area (TPSA) is 24.5 Å². The Morgan fingerprint density at radius 3 is 2.88 bits per heavy atom. The van der Waals surface area contributed by atoms with E-state index in [4.69, 9.17) is 4.74 Å². The summed E-state index contributed by atoms with van der Waals surface area (Å²) in [7, 11) is 1.52. The summed E-state index contributed by atoms with van der Waals surface area (Å²) in [6.07, 6.45) is 2.05. The lowest BCUT2D eigenvalue weighted by atomic mass is 9.98. The van der Waals surface area contributed by atoms with Crippen molar-refractivity contribution in [1.29, 1.82) is 0 Å². The van der Waals surface area contributed by atoms with Gasteiger partial charge in [-0.3, -0.25) is 4.90 Å². The highest BCUT2D eigenvalue weighted by Crippen LogP contribution is 2.30. The molecule has 3 nitrogen and oxygen atoms in total. The SMILES string of the molecule is COc1cc2c(cc1F)CN(Cc1cccc3c1NCC3)CC2.Cl. The van der Waals surface area contributed by atoms with Gasteiger partial charge in [-0.15, -0.1) is 12.4 Å². The van der Waals surface area contributed by atoms with Crippen LogP contribution >= 0.6 is 12.4 Å². The van der Waals surface area contributed by atoms with Crippen LogP contribution in [0, 0.1) is 5.82 Å². The number of para-hydroxylation sites is 1. The molecule has 2 aliphatic rings. The van der Waals surface area contributed by atoms with Crippen molar-refractivity contribution >= 4 is 18.1 Å². The molecule has 0 spiro atoms. The Balaban J connectivity index is 0.00000169. The Labute approximate surface area is 148 Å². The van der Waals surface area contributed by atoms with E-state index >= 15 is 0 Å². The molecule has 2 aromatic rings. The highest BCUT2D eigenvalue weighted by molar-refractivity contribution is 5.85. The fourth-order valence-corrected chi connectivity index (χ4v) is 3.69. The quantitative estimate of drug-likeness (QED) is 0.913. The maximum Gasteiger partial charge on any atom is 0.165 e. The number of methoxy groups -OCH3 is 1. The third-order valence-corrected chi connectivity index (χ3v) is 4.89. The average molecular weight is 349 g/mol. The highest BCUT2D eigenvalue weighted by Gasteiger charge is 2.21. The summed E-state index contributed by atoms with van der Waals surface area (Å²) in [5.41, 5.74) is 6.35. The molecule has 0 radical (unpaired) electrons. The fourth-order valence-electron chi connectivity index (χ4n) is 3.69. The van der Waals surface area contributed by atoms with Gasteiger partial charge >= 0.3 is 0 Å². The summed E-state index contributed by atoms with van der Waals surface area (Å²) in [6.45, 7) is 3.72. The van der Waals surface area contributed by atoms with Crippen LogP contribution in [0.25, 0.3) is 0 Å². The summed E-state index contributed by atoms with van der Waals surface area (Å²) < 4.78 is 19.0. The molecule has 5 heteroatoms. The molecular weight excluding hydrogens is 327 g/mol. The van der Waals surface area contributed by atoms with Gasteiger partial charge in [0, 0.05) is 31.9 Å². The zero-order valence-corrected chi connectivity index (χ0v) is 14.6. The lowest BCUT2D eigenvalue weighted by Gasteiger charge is -2.29. The van der Waals surface area contributed by atoms with Gasteiger partial charge in [-0.05, 0) is 47.2 Å². The summed E-state index contributed by atoms with van der Waals surface area (Å²) in [5.74, 6) is 0.0812. The number of hydrogen-bond donors (Lipinski definition) is 1. The van der Waals surface area contributed by atoms with Gasteiger partial charge in [0.15, 0.2) is 11.6 Å². The molecule has 0 aromatic heterocycles. The third kappa shape index (κ3) is 3.08. The van der Waals surface area contributed by atoms with Crippen LogP contribution in [0.2, 0.25) is 0 Å². The van der Waals surface area contributed by atoms with Gasteiger partial charge in [0.2, 0.25) is 0 Å². The van der Waals surface area contributed by atoms with Crippen molar-refractivity contribution in [2.45, 2.75) is 25.9 Å². The minimum absolute atomic E-state index is 0. The monoisotopic (exact) mass is 348 g/mol. The second-order valence-corrected chi connectivity index (χ2v) is 6.34. The van der Waals surface area contributed by atoms with Gasteiger partial charge in [0.25, 0.3) is 0 Å². The summed E-state index contributed by atoms with van der Waals surface area (Å²) in [6, 6.07) is 10.0. The molecule has 0 atom stereocenters. The molecule has 2 aliphatic heterocycles. The molecule has 4 rings (SSSR count). The second-order valence-electron chi connectivity index (χ2n) is 6.34. The first-order valence-electron chi connectivity index (χ1n) is 8.17. The van der Waals surface area contributed by atoms with E-state index in [2.05, 4.69) is 28.4 Å².